The van der Waals surface area contributed by atoms with Crippen molar-refractivity contribution in [1.29, 1.82) is 0 Å². The van der Waals surface area contributed by atoms with Crippen LogP contribution in [0.4, 0.5) is 0 Å². The summed E-state index contributed by atoms with van der Waals surface area (Å²) in [4.78, 5) is 2.56. The lowest BCUT2D eigenvalue weighted by Crippen LogP contribution is -2.38. The zero-order valence-corrected chi connectivity index (χ0v) is 14.8. The van der Waals surface area contributed by atoms with Crippen LogP contribution in [0.15, 0.2) is 18.2 Å². The van der Waals surface area contributed by atoms with E-state index >= 15 is 0 Å². The molecule has 2 aliphatic rings. The molecular weight excluding hydrogens is 316 g/mol. The van der Waals surface area contributed by atoms with Gasteiger partial charge in [0.15, 0.2) is 0 Å². The van der Waals surface area contributed by atoms with Crippen molar-refractivity contribution in [2.45, 2.75) is 30.9 Å². The first kappa shape index (κ1) is 16.6. The van der Waals surface area contributed by atoms with Gasteiger partial charge in [-0.25, -0.2) is 0 Å². The summed E-state index contributed by atoms with van der Waals surface area (Å²) in [6.07, 6.45) is 2.43. The van der Waals surface area contributed by atoms with Crippen LogP contribution >= 0.6 is 23.5 Å². The maximum absolute atomic E-state index is 6.41. The van der Waals surface area contributed by atoms with Crippen molar-refractivity contribution in [3.63, 3.8) is 0 Å². The van der Waals surface area contributed by atoms with E-state index < -0.39 is 0 Å². The molecule has 1 aromatic rings. The first-order chi connectivity index (χ1) is 10.7. The van der Waals surface area contributed by atoms with E-state index in [2.05, 4.69) is 34.7 Å². The highest BCUT2D eigenvalue weighted by atomic mass is 35.5. The van der Waals surface area contributed by atoms with Crippen LogP contribution in [0.2, 0.25) is 5.02 Å². The topological polar surface area (TPSA) is 24.5 Å². The summed E-state index contributed by atoms with van der Waals surface area (Å²) in [6, 6.07) is 6.49. The predicted octanol–water partition coefficient (Wildman–Crippen LogP) is 3.46. The van der Waals surface area contributed by atoms with E-state index in [4.69, 9.17) is 16.3 Å². The number of ether oxygens (including phenoxy) is 1. The zero-order valence-electron chi connectivity index (χ0n) is 13.2. The van der Waals surface area contributed by atoms with Crippen LogP contribution in [0.25, 0.3) is 0 Å². The maximum Gasteiger partial charge on any atom is 0.0660 e. The number of hydrogen-bond acceptors (Lipinski definition) is 4. The first-order valence-corrected chi connectivity index (χ1v) is 9.43. The van der Waals surface area contributed by atoms with Crippen molar-refractivity contribution in [1.82, 2.24) is 9.62 Å². The van der Waals surface area contributed by atoms with E-state index in [1.54, 1.807) is 0 Å². The fourth-order valence-electron chi connectivity index (χ4n) is 3.09. The molecule has 0 bridgehead atoms. The monoisotopic (exact) mass is 340 g/mol. The van der Waals surface area contributed by atoms with Gasteiger partial charge < -0.3 is 9.64 Å². The summed E-state index contributed by atoms with van der Waals surface area (Å²) >= 11 is 8.25. The van der Waals surface area contributed by atoms with Gasteiger partial charge in [0.25, 0.3) is 0 Å². The van der Waals surface area contributed by atoms with Crippen LogP contribution in [0.5, 0.6) is 0 Å². The Kier molecular flexibility index (Phi) is 6.05. The molecule has 2 heterocycles. The van der Waals surface area contributed by atoms with E-state index in [0.717, 1.165) is 31.3 Å². The van der Waals surface area contributed by atoms with Gasteiger partial charge in [0.1, 0.15) is 0 Å². The molecule has 0 radical (unpaired) electrons. The molecule has 0 aliphatic carbocycles. The lowest BCUT2D eigenvalue weighted by atomic mass is 9.89. The minimum Gasteiger partial charge on any atom is -0.379 e. The molecule has 3 rings (SSSR count). The number of hydrogen-bond donors (Lipinski definition) is 1. The summed E-state index contributed by atoms with van der Waals surface area (Å²) in [7, 11) is 0. The summed E-state index contributed by atoms with van der Waals surface area (Å²) in [5, 5.41) is 1.61. The fraction of sp³-hybridized carbons (Fsp3) is 0.647. The molecule has 0 aromatic heterocycles. The molecule has 3 nitrogen and oxygen atoms in total. The fourth-order valence-corrected chi connectivity index (χ4v) is 4.26. The number of rotatable bonds is 6. The van der Waals surface area contributed by atoms with Crippen LogP contribution < -0.4 is 4.72 Å². The highest BCUT2D eigenvalue weighted by Crippen LogP contribution is 2.33. The molecule has 1 aromatic carbocycles. The SMILES string of the molecule is Cc1ccc(C2CCN(CCNSC3COC3)CC2)c(Cl)c1. The smallest absolute Gasteiger partial charge is 0.0660 e. The van der Waals surface area contributed by atoms with Crippen LogP contribution in [-0.2, 0) is 4.74 Å². The Labute approximate surface area is 142 Å². The molecule has 22 heavy (non-hydrogen) atoms. The van der Waals surface area contributed by atoms with Gasteiger partial charge >= 0.3 is 0 Å². The van der Waals surface area contributed by atoms with Gasteiger partial charge in [-0.15, -0.1) is 0 Å². The molecule has 5 heteroatoms. The van der Waals surface area contributed by atoms with Crippen molar-refractivity contribution in [2.24, 2.45) is 0 Å². The number of aryl methyl sites for hydroxylation is 1. The highest BCUT2D eigenvalue weighted by Gasteiger charge is 2.22. The number of halogens is 1. The predicted molar refractivity (Wildman–Crippen MR) is 94.8 cm³/mol. The van der Waals surface area contributed by atoms with Gasteiger partial charge in [-0.2, -0.15) is 0 Å². The lowest BCUT2D eigenvalue weighted by molar-refractivity contribution is 0.0452. The number of benzene rings is 1. The molecule has 0 atom stereocenters. The Morgan fingerprint density at radius 2 is 2.09 bits per heavy atom. The number of nitrogens with one attached hydrogen (secondary N) is 1. The van der Waals surface area contributed by atoms with Crippen molar-refractivity contribution in [2.75, 3.05) is 39.4 Å². The van der Waals surface area contributed by atoms with Crippen LogP contribution in [0.3, 0.4) is 0 Å². The molecule has 1 N–H and O–H groups in total. The summed E-state index contributed by atoms with van der Waals surface area (Å²) in [6.45, 7) is 8.44. The average molecular weight is 341 g/mol. The quantitative estimate of drug-likeness (QED) is 0.633. The molecule has 2 fully saturated rings. The molecule has 2 aliphatic heterocycles. The minimum absolute atomic E-state index is 0.624. The zero-order chi connectivity index (χ0) is 15.4. The van der Waals surface area contributed by atoms with E-state index in [9.17, 15) is 0 Å². The number of likely N-dealkylation sites (tertiary alicyclic amines) is 1. The highest BCUT2D eigenvalue weighted by molar-refractivity contribution is 7.98. The van der Waals surface area contributed by atoms with Gasteiger partial charge in [0.2, 0.25) is 0 Å². The van der Waals surface area contributed by atoms with Gasteiger partial charge in [0.05, 0.1) is 18.5 Å². The number of piperidine rings is 1. The molecule has 0 unspecified atom stereocenters. The normalized spacial score (nSPS) is 21.0. The molecule has 0 amide bonds. The largest absolute Gasteiger partial charge is 0.379 e. The second kappa shape index (κ2) is 8.02. The van der Waals surface area contributed by atoms with E-state index in [1.807, 2.05) is 11.9 Å². The molecule has 122 valence electrons. The summed E-state index contributed by atoms with van der Waals surface area (Å²) < 4.78 is 8.64. The average Bonchev–Trinajstić information content (AvgIpc) is 2.46. The van der Waals surface area contributed by atoms with Gasteiger partial charge in [-0.3, -0.25) is 4.72 Å². The van der Waals surface area contributed by atoms with E-state index in [1.165, 1.54) is 37.1 Å². The number of nitrogens with zero attached hydrogens (tertiary/aromatic N) is 1. The second-order valence-electron chi connectivity index (χ2n) is 6.31. The van der Waals surface area contributed by atoms with Gasteiger partial charge in [0, 0.05) is 18.1 Å². The maximum atomic E-state index is 6.41. The van der Waals surface area contributed by atoms with Crippen molar-refractivity contribution in [3.8, 4) is 0 Å². The third-order valence-corrected chi connectivity index (χ3v) is 5.87. The van der Waals surface area contributed by atoms with E-state index in [0.29, 0.717) is 11.2 Å². The Morgan fingerprint density at radius 3 is 2.73 bits per heavy atom. The van der Waals surface area contributed by atoms with Gasteiger partial charge in [-0.05, 0) is 56.0 Å². The Bertz CT molecular complexity index is 488. The summed E-state index contributed by atoms with van der Waals surface area (Å²) in [5.74, 6) is 0.624. The van der Waals surface area contributed by atoms with Crippen molar-refractivity contribution in [3.05, 3.63) is 34.3 Å². The van der Waals surface area contributed by atoms with E-state index in [-0.39, 0.29) is 0 Å². The molecule has 2 saturated heterocycles. The molecular formula is C17H25ClN2OS. The first-order valence-electron chi connectivity index (χ1n) is 8.17. The Balaban J connectivity index is 1.38. The Hall–Kier alpha value is -0.260. The third-order valence-electron chi connectivity index (χ3n) is 4.57. The Morgan fingerprint density at radius 1 is 1.32 bits per heavy atom. The van der Waals surface area contributed by atoms with Crippen LogP contribution in [-0.4, -0.2) is 49.5 Å². The lowest BCUT2D eigenvalue weighted by Gasteiger charge is -2.33. The molecule has 0 saturated carbocycles. The summed E-state index contributed by atoms with van der Waals surface area (Å²) in [5.41, 5.74) is 2.58. The standard InChI is InChI=1S/C17H25ClN2OS/c1-13-2-3-16(17(18)10-13)14-4-7-20(8-5-14)9-6-19-22-15-11-21-12-15/h2-3,10,14-15,19H,4-9,11-12H2,1H3. The van der Waals surface area contributed by atoms with Crippen molar-refractivity contribution >= 4 is 23.5 Å². The van der Waals surface area contributed by atoms with Gasteiger partial charge in [-0.1, -0.05) is 35.7 Å². The van der Waals surface area contributed by atoms with Crippen LogP contribution in [0.1, 0.15) is 29.9 Å². The van der Waals surface area contributed by atoms with Crippen molar-refractivity contribution < 1.29 is 4.74 Å². The van der Waals surface area contributed by atoms with Crippen LogP contribution in [0, 0.1) is 6.92 Å². The molecule has 0 spiro atoms. The third kappa shape index (κ3) is 4.39. The minimum atomic E-state index is 0.624. The second-order valence-corrected chi connectivity index (χ2v) is 7.91.